The van der Waals surface area contributed by atoms with Crippen LogP contribution in [0, 0.1) is 11.7 Å². The zero-order chi connectivity index (χ0) is 16.1. The van der Waals surface area contributed by atoms with Crippen LogP contribution in [0.15, 0.2) is 53.0 Å². The summed E-state index contributed by atoms with van der Waals surface area (Å²) >= 11 is 3.49. The molecular formula is C18H19BrFNO. The average molecular weight is 364 g/mol. The Labute approximate surface area is 139 Å². The van der Waals surface area contributed by atoms with Crippen molar-refractivity contribution >= 4 is 21.8 Å². The van der Waals surface area contributed by atoms with Crippen LogP contribution in [-0.4, -0.2) is 17.9 Å². The van der Waals surface area contributed by atoms with Crippen molar-refractivity contribution in [2.45, 2.75) is 19.9 Å². The van der Waals surface area contributed by atoms with E-state index in [0.29, 0.717) is 13.0 Å². The molecule has 1 atom stereocenters. The van der Waals surface area contributed by atoms with E-state index in [-0.39, 0.29) is 17.6 Å². The molecule has 0 bridgehead atoms. The van der Waals surface area contributed by atoms with Crippen LogP contribution in [0.4, 0.5) is 4.39 Å². The van der Waals surface area contributed by atoms with Gasteiger partial charge in [0, 0.05) is 24.0 Å². The number of halogens is 2. The van der Waals surface area contributed by atoms with Gasteiger partial charge >= 0.3 is 0 Å². The number of carbonyl (C=O) groups excluding carboxylic acids is 1. The van der Waals surface area contributed by atoms with Gasteiger partial charge in [-0.15, -0.1) is 0 Å². The monoisotopic (exact) mass is 363 g/mol. The molecule has 0 saturated carbocycles. The Morgan fingerprint density at radius 1 is 1.23 bits per heavy atom. The lowest BCUT2D eigenvalue weighted by atomic mass is 9.99. The number of hydrogen-bond donors (Lipinski definition) is 0. The first-order valence-electron chi connectivity index (χ1n) is 7.20. The molecule has 0 radical (unpaired) electrons. The van der Waals surface area contributed by atoms with Crippen molar-refractivity contribution in [3.05, 3.63) is 69.9 Å². The van der Waals surface area contributed by atoms with Crippen LogP contribution in [0.3, 0.4) is 0 Å². The molecule has 2 rings (SSSR count). The van der Waals surface area contributed by atoms with Crippen LogP contribution in [0.2, 0.25) is 0 Å². The summed E-state index contributed by atoms with van der Waals surface area (Å²) in [6.07, 6.45) is 0.539. The van der Waals surface area contributed by atoms with Gasteiger partial charge in [0.25, 0.3) is 0 Å². The summed E-state index contributed by atoms with van der Waals surface area (Å²) in [6, 6.07) is 14.3. The molecule has 1 amide bonds. The highest BCUT2D eigenvalue weighted by atomic mass is 79.9. The van der Waals surface area contributed by atoms with Crippen molar-refractivity contribution < 1.29 is 9.18 Å². The quantitative estimate of drug-likeness (QED) is 0.769. The summed E-state index contributed by atoms with van der Waals surface area (Å²) in [6.45, 7) is 2.43. The van der Waals surface area contributed by atoms with E-state index in [4.69, 9.17) is 0 Å². The molecule has 0 heterocycles. The van der Waals surface area contributed by atoms with Crippen LogP contribution in [0.25, 0.3) is 0 Å². The molecule has 4 heteroatoms. The summed E-state index contributed by atoms with van der Waals surface area (Å²) in [5.41, 5.74) is 1.91. The highest BCUT2D eigenvalue weighted by molar-refractivity contribution is 9.10. The van der Waals surface area contributed by atoms with Gasteiger partial charge in [0.15, 0.2) is 0 Å². The minimum atomic E-state index is -0.265. The zero-order valence-corrected chi connectivity index (χ0v) is 14.3. The molecule has 0 aliphatic rings. The fraction of sp³-hybridized carbons (Fsp3) is 0.278. The number of nitrogens with zero attached hydrogens (tertiary/aromatic N) is 1. The Morgan fingerprint density at radius 3 is 2.64 bits per heavy atom. The number of carbonyl (C=O) groups is 1. The van der Waals surface area contributed by atoms with E-state index >= 15 is 0 Å². The van der Waals surface area contributed by atoms with E-state index in [9.17, 15) is 9.18 Å². The van der Waals surface area contributed by atoms with Gasteiger partial charge in [0.2, 0.25) is 5.91 Å². The van der Waals surface area contributed by atoms with Gasteiger partial charge in [-0.05, 0) is 35.7 Å². The van der Waals surface area contributed by atoms with Gasteiger partial charge in [-0.25, -0.2) is 4.39 Å². The van der Waals surface area contributed by atoms with E-state index in [1.165, 1.54) is 12.1 Å². The molecule has 0 spiro atoms. The standard InChI is InChI=1S/C18H19BrFNO/c1-13(10-14-6-5-8-16(20)11-14)18(22)21(2)12-15-7-3-4-9-17(15)19/h3-9,11,13H,10,12H2,1-2H3. The van der Waals surface area contributed by atoms with Gasteiger partial charge < -0.3 is 4.90 Å². The molecule has 116 valence electrons. The predicted molar refractivity (Wildman–Crippen MR) is 89.9 cm³/mol. The van der Waals surface area contributed by atoms with Crippen LogP contribution in [0.5, 0.6) is 0 Å². The smallest absolute Gasteiger partial charge is 0.225 e. The molecule has 22 heavy (non-hydrogen) atoms. The first kappa shape index (κ1) is 16.7. The Bertz CT molecular complexity index is 659. The van der Waals surface area contributed by atoms with Crippen molar-refractivity contribution in [1.82, 2.24) is 4.90 Å². The molecule has 0 aliphatic heterocycles. The minimum Gasteiger partial charge on any atom is -0.341 e. The first-order valence-corrected chi connectivity index (χ1v) is 7.99. The minimum absolute atomic E-state index is 0.0556. The van der Waals surface area contributed by atoms with E-state index < -0.39 is 0 Å². The second-order valence-electron chi connectivity index (χ2n) is 5.52. The Balaban J connectivity index is 1.99. The second-order valence-corrected chi connectivity index (χ2v) is 6.38. The number of amides is 1. The largest absolute Gasteiger partial charge is 0.341 e. The van der Waals surface area contributed by atoms with Crippen molar-refractivity contribution in [3.63, 3.8) is 0 Å². The van der Waals surface area contributed by atoms with E-state index in [2.05, 4.69) is 15.9 Å². The van der Waals surface area contributed by atoms with E-state index in [0.717, 1.165) is 15.6 Å². The molecular weight excluding hydrogens is 345 g/mol. The highest BCUT2D eigenvalue weighted by Gasteiger charge is 2.18. The van der Waals surface area contributed by atoms with E-state index in [1.807, 2.05) is 37.3 Å². The third kappa shape index (κ3) is 4.41. The average Bonchev–Trinajstić information content (AvgIpc) is 2.48. The molecule has 1 unspecified atom stereocenters. The lowest BCUT2D eigenvalue weighted by molar-refractivity contribution is -0.134. The summed E-state index contributed by atoms with van der Waals surface area (Å²) in [5, 5.41) is 0. The first-order chi connectivity index (χ1) is 10.5. The molecule has 0 N–H and O–H groups in total. The van der Waals surface area contributed by atoms with Crippen LogP contribution in [0.1, 0.15) is 18.1 Å². The zero-order valence-electron chi connectivity index (χ0n) is 12.7. The Kier molecular flexibility index (Phi) is 5.72. The van der Waals surface area contributed by atoms with Gasteiger partial charge in [-0.2, -0.15) is 0 Å². The summed E-state index contributed by atoms with van der Waals surface area (Å²) in [4.78, 5) is 14.2. The van der Waals surface area contributed by atoms with Gasteiger partial charge in [-0.3, -0.25) is 4.79 Å². The molecule has 0 saturated heterocycles. The van der Waals surface area contributed by atoms with Gasteiger partial charge in [0.05, 0.1) is 0 Å². The van der Waals surface area contributed by atoms with Crippen LogP contribution >= 0.6 is 15.9 Å². The normalized spacial score (nSPS) is 12.0. The van der Waals surface area contributed by atoms with Crippen LogP contribution in [-0.2, 0) is 17.8 Å². The number of rotatable bonds is 5. The molecule has 2 aromatic rings. The fourth-order valence-electron chi connectivity index (χ4n) is 2.44. The van der Waals surface area contributed by atoms with Crippen LogP contribution < -0.4 is 0 Å². The maximum absolute atomic E-state index is 13.2. The summed E-state index contributed by atoms with van der Waals surface area (Å²) < 4.78 is 14.2. The SMILES string of the molecule is CC(Cc1cccc(F)c1)C(=O)N(C)Cc1ccccc1Br. The Hall–Kier alpha value is -1.68. The van der Waals surface area contributed by atoms with E-state index in [1.54, 1.807) is 18.0 Å². The van der Waals surface area contributed by atoms with Gasteiger partial charge in [-0.1, -0.05) is 53.2 Å². The number of benzene rings is 2. The summed E-state index contributed by atoms with van der Waals surface area (Å²) in [7, 11) is 1.80. The highest BCUT2D eigenvalue weighted by Crippen LogP contribution is 2.19. The maximum atomic E-state index is 13.2. The van der Waals surface area contributed by atoms with Crippen molar-refractivity contribution in [3.8, 4) is 0 Å². The predicted octanol–water partition coefficient (Wildman–Crippen LogP) is 4.43. The fourth-order valence-corrected chi connectivity index (χ4v) is 2.85. The topological polar surface area (TPSA) is 20.3 Å². The molecule has 0 fully saturated rings. The lowest BCUT2D eigenvalue weighted by Gasteiger charge is -2.22. The molecule has 2 nitrogen and oxygen atoms in total. The van der Waals surface area contributed by atoms with Crippen molar-refractivity contribution in [2.75, 3.05) is 7.05 Å². The second kappa shape index (κ2) is 7.54. The molecule has 2 aromatic carbocycles. The van der Waals surface area contributed by atoms with Crippen molar-refractivity contribution in [2.24, 2.45) is 5.92 Å². The molecule has 0 aromatic heterocycles. The van der Waals surface area contributed by atoms with Gasteiger partial charge in [0.1, 0.15) is 5.82 Å². The third-order valence-corrected chi connectivity index (χ3v) is 4.37. The number of hydrogen-bond acceptors (Lipinski definition) is 1. The van der Waals surface area contributed by atoms with Crippen molar-refractivity contribution in [1.29, 1.82) is 0 Å². The Morgan fingerprint density at radius 2 is 1.95 bits per heavy atom. The maximum Gasteiger partial charge on any atom is 0.225 e. The molecule has 0 aliphatic carbocycles. The third-order valence-electron chi connectivity index (χ3n) is 3.59. The summed E-state index contributed by atoms with van der Waals surface area (Å²) in [5.74, 6) is -0.395. The lowest BCUT2D eigenvalue weighted by Crippen LogP contribution is -2.32.